The average molecular weight is 330 g/mol. The fourth-order valence-electron chi connectivity index (χ4n) is 2.73. The predicted molar refractivity (Wildman–Crippen MR) is 86.9 cm³/mol. The van der Waals surface area contributed by atoms with Crippen molar-refractivity contribution >= 4 is 10.8 Å². The summed E-state index contributed by atoms with van der Waals surface area (Å²) < 4.78 is 37.8. The maximum atomic E-state index is 12.6. The number of nitrogens with zero attached hydrogens (tertiary/aromatic N) is 1. The molecule has 0 fully saturated rings. The summed E-state index contributed by atoms with van der Waals surface area (Å²) in [7, 11) is 0. The zero-order chi connectivity index (χ0) is 17.5. The lowest BCUT2D eigenvalue weighted by molar-refractivity contribution is -0.137. The van der Waals surface area contributed by atoms with Crippen molar-refractivity contribution in [3.05, 3.63) is 77.5 Å². The summed E-state index contributed by atoms with van der Waals surface area (Å²) >= 11 is 0. The lowest BCUT2D eigenvalue weighted by Gasteiger charge is -2.10. The number of hydrogen-bond donors (Lipinski definition) is 1. The Morgan fingerprint density at radius 3 is 2.25 bits per heavy atom. The van der Waals surface area contributed by atoms with E-state index >= 15 is 0 Å². The highest BCUT2D eigenvalue weighted by Crippen LogP contribution is 2.31. The largest absolute Gasteiger partial charge is 0.505 e. The molecule has 24 heavy (non-hydrogen) atoms. The third-order valence-electron chi connectivity index (χ3n) is 3.99. The molecule has 2 aromatic carbocycles. The van der Waals surface area contributed by atoms with E-state index in [9.17, 15) is 18.3 Å². The summed E-state index contributed by atoms with van der Waals surface area (Å²) in [6.45, 7) is 5.53. The van der Waals surface area contributed by atoms with Crippen LogP contribution in [0.5, 0.6) is 5.75 Å². The van der Waals surface area contributed by atoms with Gasteiger partial charge in [0.1, 0.15) is 5.75 Å². The van der Waals surface area contributed by atoms with Gasteiger partial charge < -0.3 is 5.11 Å². The van der Waals surface area contributed by atoms with Crippen LogP contribution in [-0.2, 0) is 12.6 Å². The van der Waals surface area contributed by atoms with Gasteiger partial charge >= 0.3 is 6.18 Å². The zero-order valence-electron chi connectivity index (χ0n) is 13.0. The van der Waals surface area contributed by atoms with Gasteiger partial charge in [-0.3, -0.25) is 4.98 Å². The molecule has 1 N–H and O–H groups in total. The van der Waals surface area contributed by atoms with E-state index in [1.165, 1.54) is 12.1 Å². The molecule has 0 aliphatic carbocycles. The number of hydrogen-bond acceptors (Lipinski definition) is 2. The van der Waals surface area contributed by atoms with Crippen molar-refractivity contribution in [3.63, 3.8) is 0 Å². The standard InChI is InChI=1S/C19H15F3NO/c1-11-17-10-14(5-8-16(17)18(24)12(2)23-11)9-13-3-6-15(7-4-13)19(20,21)22/h3-8,10,24H,2,9H2,1H3. The second kappa shape index (κ2) is 5.82. The van der Waals surface area contributed by atoms with Crippen LogP contribution in [-0.4, -0.2) is 10.1 Å². The van der Waals surface area contributed by atoms with Gasteiger partial charge in [0.05, 0.1) is 11.3 Å². The van der Waals surface area contributed by atoms with Crippen LogP contribution in [0.3, 0.4) is 0 Å². The lowest BCUT2D eigenvalue weighted by Crippen LogP contribution is -2.04. The van der Waals surface area contributed by atoms with E-state index in [2.05, 4.69) is 11.9 Å². The molecule has 2 nitrogen and oxygen atoms in total. The summed E-state index contributed by atoms with van der Waals surface area (Å²) in [6.07, 6.45) is -3.83. The molecule has 0 unspecified atom stereocenters. The lowest BCUT2D eigenvalue weighted by atomic mass is 9.99. The van der Waals surface area contributed by atoms with Crippen molar-refractivity contribution in [1.82, 2.24) is 4.98 Å². The fourth-order valence-corrected chi connectivity index (χ4v) is 2.73. The molecule has 0 saturated carbocycles. The van der Waals surface area contributed by atoms with Gasteiger partial charge in [-0.2, -0.15) is 13.2 Å². The number of aromatic hydroxyl groups is 1. The van der Waals surface area contributed by atoms with E-state index in [0.717, 1.165) is 34.3 Å². The number of benzene rings is 2. The van der Waals surface area contributed by atoms with Gasteiger partial charge in [0, 0.05) is 16.5 Å². The normalized spacial score (nSPS) is 11.9. The van der Waals surface area contributed by atoms with E-state index in [0.29, 0.717) is 17.5 Å². The molecule has 0 bridgehead atoms. The van der Waals surface area contributed by atoms with E-state index in [1.807, 2.05) is 19.1 Å². The first kappa shape index (κ1) is 16.3. The molecular weight excluding hydrogens is 315 g/mol. The first-order valence-electron chi connectivity index (χ1n) is 7.36. The van der Waals surface area contributed by atoms with Crippen molar-refractivity contribution in [3.8, 4) is 5.75 Å². The topological polar surface area (TPSA) is 33.1 Å². The Morgan fingerprint density at radius 2 is 1.62 bits per heavy atom. The zero-order valence-corrected chi connectivity index (χ0v) is 13.0. The van der Waals surface area contributed by atoms with E-state index in [4.69, 9.17) is 0 Å². The number of pyridine rings is 1. The molecule has 5 heteroatoms. The molecule has 0 amide bonds. The highest BCUT2D eigenvalue weighted by atomic mass is 19.4. The van der Waals surface area contributed by atoms with Crippen LogP contribution in [0.1, 0.15) is 28.1 Å². The highest BCUT2D eigenvalue weighted by molar-refractivity contribution is 5.91. The van der Waals surface area contributed by atoms with Gasteiger partial charge in [-0.25, -0.2) is 0 Å². The Labute approximate surface area is 137 Å². The number of aryl methyl sites for hydroxylation is 1. The number of fused-ring (bicyclic) bond motifs is 1. The van der Waals surface area contributed by atoms with Crippen LogP contribution >= 0.6 is 0 Å². The average Bonchev–Trinajstić information content (AvgIpc) is 2.52. The van der Waals surface area contributed by atoms with Crippen LogP contribution in [0.2, 0.25) is 0 Å². The smallest absolute Gasteiger partial charge is 0.416 e. The SMILES string of the molecule is [CH2]c1nc(C)c2cc(Cc3ccc(C(F)(F)F)cc3)ccc2c1O. The quantitative estimate of drug-likeness (QED) is 0.714. The van der Waals surface area contributed by atoms with Gasteiger partial charge in [0.2, 0.25) is 0 Å². The minimum absolute atomic E-state index is 0.0525. The molecular formula is C19H15F3NO. The molecule has 3 aromatic rings. The Bertz CT molecular complexity index is 899. The number of halogens is 3. The number of alkyl halides is 3. The Balaban J connectivity index is 1.93. The molecule has 0 saturated heterocycles. The Hall–Kier alpha value is -2.56. The molecule has 1 aromatic heterocycles. The van der Waals surface area contributed by atoms with Crippen molar-refractivity contribution in [2.24, 2.45) is 0 Å². The monoisotopic (exact) mass is 330 g/mol. The second-order valence-electron chi connectivity index (χ2n) is 5.74. The van der Waals surface area contributed by atoms with E-state index in [1.54, 1.807) is 6.07 Å². The molecule has 1 heterocycles. The van der Waals surface area contributed by atoms with Crippen LogP contribution in [0.25, 0.3) is 10.8 Å². The molecule has 1 radical (unpaired) electrons. The van der Waals surface area contributed by atoms with Gasteiger partial charge in [-0.1, -0.05) is 24.3 Å². The maximum absolute atomic E-state index is 12.6. The van der Waals surface area contributed by atoms with Crippen LogP contribution < -0.4 is 0 Å². The predicted octanol–water partition coefficient (Wildman–Crippen LogP) is 5.04. The van der Waals surface area contributed by atoms with Gasteiger partial charge in [0.25, 0.3) is 0 Å². The van der Waals surface area contributed by atoms with E-state index < -0.39 is 11.7 Å². The first-order valence-corrected chi connectivity index (χ1v) is 7.36. The summed E-state index contributed by atoms with van der Waals surface area (Å²) in [5.74, 6) is 0.0525. The molecule has 0 spiro atoms. The Morgan fingerprint density at radius 1 is 1.00 bits per heavy atom. The summed E-state index contributed by atoms with van der Waals surface area (Å²) in [5.41, 5.74) is 2.14. The van der Waals surface area contributed by atoms with Crippen molar-refractivity contribution in [2.45, 2.75) is 19.5 Å². The molecule has 3 rings (SSSR count). The Kier molecular flexibility index (Phi) is 3.95. The van der Waals surface area contributed by atoms with Crippen molar-refractivity contribution in [2.75, 3.05) is 0 Å². The van der Waals surface area contributed by atoms with Crippen molar-refractivity contribution in [1.29, 1.82) is 0 Å². The summed E-state index contributed by atoms with van der Waals surface area (Å²) in [6, 6.07) is 10.7. The second-order valence-corrected chi connectivity index (χ2v) is 5.74. The van der Waals surface area contributed by atoms with Crippen LogP contribution in [0.4, 0.5) is 13.2 Å². The highest BCUT2D eigenvalue weighted by Gasteiger charge is 2.29. The first-order chi connectivity index (χ1) is 11.3. The van der Waals surface area contributed by atoms with Crippen LogP contribution in [0.15, 0.2) is 42.5 Å². The summed E-state index contributed by atoms with van der Waals surface area (Å²) in [4.78, 5) is 4.20. The van der Waals surface area contributed by atoms with Crippen LogP contribution in [0, 0.1) is 13.8 Å². The molecule has 123 valence electrons. The fraction of sp³-hybridized carbons (Fsp3) is 0.158. The molecule has 0 aliphatic heterocycles. The minimum atomic E-state index is -4.33. The molecule has 0 aliphatic rings. The third-order valence-corrected chi connectivity index (χ3v) is 3.99. The van der Waals surface area contributed by atoms with Gasteiger partial charge in [-0.15, -0.1) is 0 Å². The third kappa shape index (κ3) is 3.07. The minimum Gasteiger partial charge on any atom is -0.505 e. The summed E-state index contributed by atoms with van der Waals surface area (Å²) in [5, 5.41) is 11.5. The van der Waals surface area contributed by atoms with Crippen molar-refractivity contribution < 1.29 is 18.3 Å². The van der Waals surface area contributed by atoms with Gasteiger partial charge in [-0.05, 0) is 49.6 Å². The van der Waals surface area contributed by atoms with Gasteiger partial charge in [0.15, 0.2) is 0 Å². The van der Waals surface area contributed by atoms with E-state index in [-0.39, 0.29) is 5.75 Å². The number of aromatic nitrogens is 1. The molecule has 0 atom stereocenters. The number of rotatable bonds is 2. The maximum Gasteiger partial charge on any atom is 0.416 e.